The van der Waals surface area contributed by atoms with Gasteiger partial charge in [0, 0.05) is 31.0 Å². The van der Waals surface area contributed by atoms with E-state index < -0.39 is 0 Å². The molecule has 2 N–H and O–H groups in total. The maximum absolute atomic E-state index is 13.3. The molecule has 6 nitrogen and oxygen atoms in total. The van der Waals surface area contributed by atoms with Gasteiger partial charge in [-0.3, -0.25) is 4.79 Å². The molecule has 0 atom stereocenters. The molecule has 1 aromatic carbocycles. The number of amides is 1. The van der Waals surface area contributed by atoms with Crippen molar-refractivity contribution in [1.29, 1.82) is 0 Å². The topological polar surface area (TPSA) is 73.4 Å². The highest BCUT2D eigenvalue weighted by Crippen LogP contribution is 2.29. The number of carbonyl (C=O) groups excluding carboxylic acids is 1. The number of nitrogens with two attached hydrogens (primary N) is 1. The van der Waals surface area contributed by atoms with E-state index in [4.69, 9.17) is 15.6 Å². The first-order chi connectivity index (χ1) is 14.2. The van der Waals surface area contributed by atoms with Gasteiger partial charge in [0.05, 0.1) is 11.8 Å². The number of carbonyl (C=O) groups is 1. The van der Waals surface area contributed by atoms with Crippen LogP contribution in [-0.2, 0) is 24.0 Å². The molecule has 0 spiro atoms. The van der Waals surface area contributed by atoms with Gasteiger partial charge in [0.25, 0.3) is 5.91 Å². The summed E-state index contributed by atoms with van der Waals surface area (Å²) in [5.74, 6) is 0.0764. The van der Waals surface area contributed by atoms with Crippen LogP contribution in [0.4, 0.5) is 0 Å². The number of hydrogen-bond acceptors (Lipinski definition) is 4. The molecule has 0 unspecified atom stereocenters. The molecule has 7 heteroatoms. The van der Waals surface area contributed by atoms with Crippen LogP contribution in [0.1, 0.15) is 59.9 Å². The van der Waals surface area contributed by atoms with Gasteiger partial charge in [-0.05, 0) is 69.2 Å². The maximum Gasteiger partial charge on any atom is 0.274 e. The number of likely N-dealkylation sites (tertiary alicyclic amines) is 1. The third kappa shape index (κ3) is 4.71. The minimum Gasteiger partial charge on any atom is -0.378 e. The molecule has 2 aliphatic rings. The summed E-state index contributed by atoms with van der Waals surface area (Å²) in [6.07, 6.45) is 6.96. The lowest BCUT2D eigenvalue weighted by molar-refractivity contribution is 0.00825. The van der Waals surface area contributed by atoms with Crippen molar-refractivity contribution in [3.63, 3.8) is 0 Å². The van der Waals surface area contributed by atoms with Crippen molar-refractivity contribution in [2.45, 2.75) is 58.0 Å². The number of hydrogen-bond donors (Lipinski definition) is 1. The lowest BCUT2D eigenvalue weighted by atomic mass is 10.1. The molecule has 2 aromatic rings. The van der Waals surface area contributed by atoms with Crippen LogP contribution >= 0.6 is 12.4 Å². The van der Waals surface area contributed by atoms with Crippen LogP contribution in [0.15, 0.2) is 24.3 Å². The SMILES string of the molecule is CCc1ccc(-n2nc(C(=O)N3CCC(OCCCN)CC3)c3c2CCC3)cc1.Cl. The van der Waals surface area contributed by atoms with Crippen LogP contribution in [0.2, 0.25) is 0 Å². The molecule has 164 valence electrons. The Morgan fingerprint density at radius 2 is 1.93 bits per heavy atom. The van der Waals surface area contributed by atoms with E-state index in [-0.39, 0.29) is 24.4 Å². The van der Waals surface area contributed by atoms with Gasteiger partial charge in [0.15, 0.2) is 5.69 Å². The summed E-state index contributed by atoms with van der Waals surface area (Å²) in [5.41, 5.74) is 10.9. The van der Waals surface area contributed by atoms with Crippen molar-refractivity contribution < 1.29 is 9.53 Å². The first kappa shape index (κ1) is 22.8. The van der Waals surface area contributed by atoms with E-state index >= 15 is 0 Å². The molecule has 1 fully saturated rings. The van der Waals surface area contributed by atoms with Gasteiger partial charge in [0.2, 0.25) is 0 Å². The Bertz CT molecular complexity index is 842. The Balaban J connectivity index is 0.00000256. The van der Waals surface area contributed by atoms with E-state index in [1.54, 1.807) is 0 Å². The van der Waals surface area contributed by atoms with Gasteiger partial charge in [-0.1, -0.05) is 19.1 Å². The number of aryl methyl sites for hydroxylation is 1. The Hall–Kier alpha value is -1.89. The number of nitrogens with zero attached hydrogens (tertiary/aromatic N) is 3. The van der Waals surface area contributed by atoms with Gasteiger partial charge in [-0.2, -0.15) is 5.10 Å². The first-order valence-corrected chi connectivity index (χ1v) is 11.0. The van der Waals surface area contributed by atoms with Gasteiger partial charge in [-0.15, -0.1) is 12.4 Å². The quantitative estimate of drug-likeness (QED) is 0.681. The van der Waals surface area contributed by atoms with Crippen molar-refractivity contribution in [2.24, 2.45) is 5.73 Å². The zero-order valence-electron chi connectivity index (χ0n) is 17.8. The van der Waals surface area contributed by atoms with E-state index in [1.165, 1.54) is 11.3 Å². The summed E-state index contributed by atoms with van der Waals surface area (Å²) >= 11 is 0. The zero-order valence-corrected chi connectivity index (χ0v) is 18.6. The molecule has 1 saturated heterocycles. The Kier molecular flexibility index (Phi) is 7.92. The van der Waals surface area contributed by atoms with Crippen LogP contribution < -0.4 is 5.73 Å². The maximum atomic E-state index is 13.3. The third-order valence-corrected chi connectivity index (χ3v) is 6.15. The largest absolute Gasteiger partial charge is 0.378 e. The number of ether oxygens (including phenoxy) is 1. The van der Waals surface area contributed by atoms with Crippen LogP contribution in [0.25, 0.3) is 5.69 Å². The van der Waals surface area contributed by atoms with Crippen molar-refractivity contribution in [3.8, 4) is 5.69 Å². The molecule has 1 aliphatic heterocycles. The van der Waals surface area contributed by atoms with E-state index in [9.17, 15) is 4.79 Å². The normalized spacial score (nSPS) is 16.4. The summed E-state index contributed by atoms with van der Waals surface area (Å²) in [6, 6.07) is 8.52. The molecule has 1 amide bonds. The second-order valence-corrected chi connectivity index (χ2v) is 8.06. The third-order valence-electron chi connectivity index (χ3n) is 6.15. The lowest BCUT2D eigenvalue weighted by Crippen LogP contribution is -2.41. The summed E-state index contributed by atoms with van der Waals surface area (Å²) in [4.78, 5) is 15.2. The fraction of sp³-hybridized carbons (Fsp3) is 0.565. The van der Waals surface area contributed by atoms with Crippen LogP contribution in [0.5, 0.6) is 0 Å². The average Bonchev–Trinajstić information content (AvgIpc) is 3.37. The first-order valence-electron chi connectivity index (χ1n) is 11.0. The minimum absolute atomic E-state index is 0. The van der Waals surface area contributed by atoms with Crippen molar-refractivity contribution in [2.75, 3.05) is 26.2 Å². The minimum atomic E-state index is 0. The molecule has 1 aliphatic carbocycles. The molecular formula is C23H33ClN4O2. The molecule has 0 saturated carbocycles. The van der Waals surface area contributed by atoms with Crippen molar-refractivity contribution in [3.05, 3.63) is 46.8 Å². The Morgan fingerprint density at radius 3 is 2.60 bits per heavy atom. The number of fused-ring (bicyclic) bond motifs is 1. The molecule has 30 heavy (non-hydrogen) atoms. The predicted octanol–water partition coefficient (Wildman–Crippen LogP) is 3.32. The highest BCUT2D eigenvalue weighted by atomic mass is 35.5. The number of aromatic nitrogens is 2. The molecule has 0 bridgehead atoms. The van der Waals surface area contributed by atoms with E-state index in [2.05, 4.69) is 31.2 Å². The van der Waals surface area contributed by atoms with Gasteiger partial charge in [-0.25, -0.2) is 4.68 Å². The Morgan fingerprint density at radius 1 is 1.20 bits per heavy atom. The number of halogens is 1. The van der Waals surface area contributed by atoms with Gasteiger partial charge in [0.1, 0.15) is 0 Å². The van der Waals surface area contributed by atoms with Gasteiger partial charge >= 0.3 is 0 Å². The molecule has 0 radical (unpaired) electrons. The van der Waals surface area contributed by atoms with E-state index in [0.29, 0.717) is 18.8 Å². The predicted molar refractivity (Wildman–Crippen MR) is 121 cm³/mol. The van der Waals surface area contributed by atoms with E-state index in [1.807, 2.05) is 9.58 Å². The van der Waals surface area contributed by atoms with Gasteiger partial charge < -0.3 is 15.4 Å². The Labute approximate surface area is 185 Å². The van der Waals surface area contributed by atoms with Crippen LogP contribution in [-0.4, -0.2) is 52.9 Å². The smallest absolute Gasteiger partial charge is 0.274 e. The zero-order chi connectivity index (χ0) is 20.2. The summed E-state index contributed by atoms with van der Waals surface area (Å²) in [7, 11) is 0. The average molecular weight is 433 g/mol. The lowest BCUT2D eigenvalue weighted by Gasteiger charge is -2.31. The summed E-state index contributed by atoms with van der Waals surface area (Å²) < 4.78 is 7.87. The number of piperidine rings is 1. The second kappa shape index (κ2) is 10.4. The summed E-state index contributed by atoms with van der Waals surface area (Å²) in [6.45, 7) is 5.00. The van der Waals surface area contributed by atoms with E-state index in [0.717, 1.165) is 69.3 Å². The standard InChI is InChI=1S/C23H32N4O2.ClH/c1-2-17-7-9-18(10-8-17)27-21-6-3-5-20(21)22(25-27)23(28)26-14-11-19(12-15-26)29-16-4-13-24;/h7-10,19H,2-6,11-16,24H2,1H3;1H. The molecule has 2 heterocycles. The van der Waals surface area contributed by atoms with Crippen LogP contribution in [0, 0.1) is 0 Å². The monoisotopic (exact) mass is 432 g/mol. The fourth-order valence-electron chi connectivity index (χ4n) is 4.40. The van der Waals surface area contributed by atoms with Crippen molar-refractivity contribution >= 4 is 18.3 Å². The molecule has 1 aromatic heterocycles. The highest BCUT2D eigenvalue weighted by Gasteiger charge is 2.31. The summed E-state index contributed by atoms with van der Waals surface area (Å²) in [5, 5.41) is 4.79. The van der Waals surface area contributed by atoms with Crippen LogP contribution in [0.3, 0.4) is 0 Å². The number of benzene rings is 1. The van der Waals surface area contributed by atoms with Crippen molar-refractivity contribution in [1.82, 2.24) is 14.7 Å². The molecular weight excluding hydrogens is 400 g/mol. The molecule has 4 rings (SSSR count). The second-order valence-electron chi connectivity index (χ2n) is 8.06. The fourth-order valence-corrected chi connectivity index (χ4v) is 4.40. The number of rotatable bonds is 7. The highest BCUT2D eigenvalue weighted by molar-refractivity contribution is 5.94.